The summed E-state index contributed by atoms with van der Waals surface area (Å²) in [5, 5.41) is 7.99. The smallest absolute Gasteiger partial charge is 0.267 e. The van der Waals surface area contributed by atoms with Gasteiger partial charge in [-0.2, -0.15) is 5.10 Å². The number of anilines is 1. The van der Waals surface area contributed by atoms with Crippen LogP contribution in [0.5, 0.6) is 5.75 Å². The summed E-state index contributed by atoms with van der Waals surface area (Å²) in [5.74, 6) is 0.572. The van der Waals surface area contributed by atoms with Crippen molar-refractivity contribution in [2.24, 2.45) is 5.10 Å². The lowest BCUT2D eigenvalue weighted by atomic mass is 10.1. The molecule has 0 radical (unpaired) electrons. The fourth-order valence-corrected chi connectivity index (χ4v) is 3.68. The summed E-state index contributed by atoms with van der Waals surface area (Å²) < 4.78 is 5.27. The van der Waals surface area contributed by atoms with E-state index in [1.807, 2.05) is 30.3 Å². The molecule has 0 aliphatic carbocycles. The lowest BCUT2D eigenvalue weighted by molar-refractivity contribution is -0.118. The Morgan fingerprint density at radius 1 is 1.23 bits per heavy atom. The fourth-order valence-electron chi connectivity index (χ4n) is 2.53. The molecule has 1 aromatic carbocycles. The van der Waals surface area contributed by atoms with Crippen LogP contribution in [0, 0.1) is 0 Å². The molecule has 0 bridgehead atoms. The Morgan fingerprint density at radius 2 is 2.05 bits per heavy atom. The predicted octanol–water partition coefficient (Wildman–Crippen LogP) is 1.89. The second-order valence-corrected chi connectivity index (χ2v) is 6.12. The van der Waals surface area contributed by atoms with Crippen LogP contribution < -0.4 is 15.5 Å². The van der Waals surface area contributed by atoms with Crippen LogP contribution in [0.2, 0.25) is 0 Å². The van der Waals surface area contributed by atoms with E-state index in [9.17, 15) is 4.79 Å². The third-order valence-electron chi connectivity index (χ3n) is 3.67. The summed E-state index contributed by atoms with van der Waals surface area (Å²) in [4.78, 5) is 15.6. The monoisotopic (exact) mass is 312 g/mol. The van der Waals surface area contributed by atoms with Gasteiger partial charge in [0, 0.05) is 29.2 Å². The molecular formula is C15H12N4O2S. The first kappa shape index (κ1) is 13.1. The third kappa shape index (κ3) is 1.79. The molecule has 110 valence electrons. The number of methoxy groups -OCH3 is 1. The molecule has 0 saturated carbocycles. The zero-order chi connectivity index (χ0) is 15.2. The van der Waals surface area contributed by atoms with Gasteiger partial charge in [-0.3, -0.25) is 15.2 Å². The van der Waals surface area contributed by atoms with Crippen molar-refractivity contribution in [2.45, 2.75) is 4.87 Å². The maximum absolute atomic E-state index is 12.5. The van der Waals surface area contributed by atoms with Crippen molar-refractivity contribution in [3.63, 3.8) is 0 Å². The summed E-state index contributed by atoms with van der Waals surface area (Å²) in [6.45, 7) is 0. The second kappa shape index (κ2) is 4.74. The number of nitrogens with one attached hydrogen (secondary N) is 2. The number of amides is 1. The topological polar surface area (TPSA) is 75.6 Å². The van der Waals surface area contributed by atoms with E-state index >= 15 is 0 Å². The van der Waals surface area contributed by atoms with Crippen LogP contribution in [0.1, 0.15) is 11.1 Å². The summed E-state index contributed by atoms with van der Waals surface area (Å²) in [5.41, 5.74) is 5.53. The lowest BCUT2D eigenvalue weighted by Gasteiger charge is -2.20. The van der Waals surface area contributed by atoms with Crippen LogP contribution in [-0.2, 0) is 9.67 Å². The van der Waals surface area contributed by atoms with Gasteiger partial charge in [0.15, 0.2) is 0 Å². The zero-order valence-electron chi connectivity index (χ0n) is 11.7. The van der Waals surface area contributed by atoms with E-state index in [1.165, 1.54) is 11.8 Å². The minimum absolute atomic E-state index is 0.131. The summed E-state index contributed by atoms with van der Waals surface area (Å²) in [6.07, 6.45) is 3.41. The van der Waals surface area contributed by atoms with Gasteiger partial charge < -0.3 is 10.1 Å². The molecule has 1 unspecified atom stereocenters. The van der Waals surface area contributed by atoms with E-state index in [-0.39, 0.29) is 5.91 Å². The molecule has 1 aromatic heterocycles. The highest BCUT2D eigenvalue weighted by Crippen LogP contribution is 2.48. The normalized spacial score (nSPS) is 22.0. The van der Waals surface area contributed by atoms with Crippen molar-refractivity contribution in [3.05, 3.63) is 53.9 Å². The maximum atomic E-state index is 12.5. The highest BCUT2D eigenvalue weighted by atomic mass is 32.2. The van der Waals surface area contributed by atoms with E-state index in [2.05, 4.69) is 20.8 Å². The van der Waals surface area contributed by atoms with E-state index in [0.29, 0.717) is 5.75 Å². The van der Waals surface area contributed by atoms with Crippen LogP contribution in [0.4, 0.5) is 5.69 Å². The summed E-state index contributed by atoms with van der Waals surface area (Å²) >= 11 is 1.39. The molecule has 0 saturated heterocycles. The largest absolute Gasteiger partial charge is 0.497 e. The molecule has 2 aliphatic heterocycles. The maximum Gasteiger partial charge on any atom is 0.267 e. The van der Waals surface area contributed by atoms with Gasteiger partial charge in [-0.05, 0) is 30.3 Å². The van der Waals surface area contributed by atoms with Crippen LogP contribution in [0.3, 0.4) is 0 Å². The number of aromatic nitrogens is 1. The van der Waals surface area contributed by atoms with Crippen LogP contribution in [0.15, 0.2) is 47.8 Å². The molecule has 22 heavy (non-hydrogen) atoms. The third-order valence-corrected chi connectivity index (χ3v) is 4.99. The fraction of sp³-hybridized carbons (Fsp3) is 0.133. The van der Waals surface area contributed by atoms with E-state index in [4.69, 9.17) is 4.74 Å². The Balaban J connectivity index is 1.74. The highest BCUT2D eigenvalue weighted by Gasteiger charge is 2.52. The van der Waals surface area contributed by atoms with Gasteiger partial charge in [0.1, 0.15) is 10.8 Å². The number of rotatable bonds is 2. The number of pyridine rings is 1. The van der Waals surface area contributed by atoms with Crippen molar-refractivity contribution in [1.82, 2.24) is 10.4 Å². The lowest BCUT2D eigenvalue weighted by Crippen LogP contribution is -2.39. The Kier molecular flexibility index (Phi) is 2.83. The molecule has 1 amide bonds. The number of hydrogen-bond donors (Lipinski definition) is 2. The Labute approximate surface area is 131 Å². The van der Waals surface area contributed by atoms with Gasteiger partial charge in [0.05, 0.1) is 7.11 Å². The summed E-state index contributed by atoms with van der Waals surface area (Å²) in [7, 11) is 1.60. The minimum Gasteiger partial charge on any atom is -0.497 e. The molecule has 4 rings (SSSR count). The molecule has 2 aromatic rings. The number of thioether (sulfide) groups is 1. The van der Waals surface area contributed by atoms with E-state index in [1.54, 1.807) is 19.5 Å². The van der Waals surface area contributed by atoms with Gasteiger partial charge in [0.25, 0.3) is 5.91 Å². The van der Waals surface area contributed by atoms with Crippen molar-refractivity contribution < 1.29 is 9.53 Å². The predicted molar refractivity (Wildman–Crippen MR) is 84.8 cm³/mol. The highest BCUT2D eigenvalue weighted by molar-refractivity contribution is 8.16. The first-order valence-electron chi connectivity index (χ1n) is 6.67. The molecule has 7 heteroatoms. The van der Waals surface area contributed by atoms with E-state index in [0.717, 1.165) is 21.9 Å². The van der Waals surface area contributed by atoms with Crippen LogP contribution >= 0.6 is 11.8 Å². The van der Waals surface area contributed by atoms with Gasteiger partial charge in [-0.25, -0.2) is 0 Å². The zero-order valence-corrected chi connectivity index (χ0v) is 12.5. The Bertz CT molecular complexity index is 793. The summed E-state index contributed by atoms with van der Waals surface area (Å²) in [6, 6.07) is 9.26. The van der Waals surface area contributed by atoms with Crippen molar-refractivity contribution in [2.75, 3.05) is 12.4 Å². The molecule has 3 heterocycles. The number of hydrogen-bond acceptors (Lipinski definition) is 6. The molecular weight excluding hydrogens is 300 g/mol. The van der Waals surface area contributed by atoms with Gasteiger partial charge in [-0.1, -0.05) is 11.8 Å². The quantitative estimate of drug-likeness (QED) is 0.886. The number of nitrogens with zero attached hydrogens (tertiary/aromatic N) is 2. The molecule has 1 spiro atoms. The van der Waals surface area contributed by atoms with Gasteiger partial charge >= 0.3 is 0 Å². The average molecular weight is 312 g/mol. The number of hydrazone groups is 1. The van der Waals surface area contributed by atoms with Crippen LogP contribution in [-0.4, -0.2) is 23.0 Å². The molecule has 1 atom stereocenters. The molecule has 2 aliphatic rings. The Hall–Kier alpha value is -2.54. The van der Waals surface area contributed by atoms with Crippen molar-refractivity contribution in [3.8, 4) is 5.75 Å². The van der Waals surface area contributed by atoms with E-state index < -0.39 is 4.87 Å². The standard InChI is InChI=1S/C15H12N4O2S/c1-21-10-2-3-12-11(8-10)15(14(20)17-12)19-18-13(22-15)9-4-6-16-7-5-9/h2-8,19H,1H3,(H,17,20). The number of carbonyl (C=O) groups is 1. The van der Waals surface area contributed by atoms with Gasteiger partial charge in [-0.15, -0.1) is 0 Å². The minimum atomic E-state index is -0.942. The van der Waals surface area contributed by atoms with Crippen LogP contribution in [0.25, 0.3) is 0 Å². The molecule has 6 nitrogen and oxygen atoms in total. The first-order valence-corrected chi connectivity index (χ1v) is 7.49. The number of benzene rings is 1. The number of carbonyl (C=O) groups excluding carboxylic acids is 1. The van der Waals surface area contributed by atoms with Gasteiger partial charge in [0.2, 0.25) is 4.87 Å². The number of fused-ring (bicyclic) bond motifs is 2. The first-order chi connectivity index (χ1) is 10.7. The van der Waals surface area contributed by atoms with Crippen molar-refractivity contribution >= 4 is 28.4 Å². The SMILES string of the molecule is COc1ccc2c(c1)C1(NN=C(c3ccncc3)S1)C(=O)N2. The molecule has 2 N–H and O–H groups in total. The molecule has 0 fully saturated rings. The second-order valence-electron chi connectivity index (χ2n) is 4.91. The van der Waals surface area contributed by atoms with Crippen molar-refractivity contribution in [1.29, 1.82) is 0 Å². The Morgan fingerprint density at radius 3 is 2.82 bits per heavy atom. The number of ether oxygens (including phenoxy) is 1. The average Bonchev–Trinajstić information content (AvgIpc) is 3.12.